The molecule has 1 aliphatic rings. The number of H-pyrrole nitrogens is 1. The topological polar surface area (TPSA) is 63.8 Å². The Morgan fingerprint density at radius 1 is 1.35 bits per heavy atom. The highest BCUT2D eigenvalue weighted by atomic mass is 35.5. The van der Waals surface area contributed by atoms with Crippen LogP contribution in [0.2, 0.25) is 5.02 Å². The maximum absolute atomic E-state index is 13.9. The first-order chi connectivity index (χ1) is 9.59. The van der Waals surface area contributed by atoms with Crippen molar-refractivity contribution >= 4 is 17.3 Å². The van der Waals surface area contributed by atoms with Crippen molar-refractivity contribution in [3.05, 3.63) is 45.1 Å². The van der Waals surface area contributed by atoms with Crippen molar-refractivity contribution in [3.8, 4) is 5.69 Å². The van der Waals surface area contributed by atoms with E-state index in [2.05, 4.69) is 5.10 Å². The van der Waals surface area contributed by atoms with Crippen LogP contribution >= 0.6 is 11.6 Å². The van der Waals surface area contributed by atoms with Crippen LogP contribution in [-0.2, 0) is 0 Å². The summed E-state index contributed by atoms with van der Waals surface area (Å²) >= 11 is 6.00. The minimum atomic E-state index is -0.557. The lowest BCUT2D eigenvalue weighted by Crippen LogP contribution is -2.18. The molecule has 6 heteroatoms. The van der Waals surface area contributed by atoms with Gasteiger partial charge in [0, 0.05) is 5.92 Å². The second kappa shape index (κ2) is 4.98. The number of nitrogen functional groups attached to an aromatic ring is 1. The summed E-state index contributed by atoms with van der Waals surface area (Å²) in [5.74, 6) is -0.312. The molecule has 2 aromatic rings. The number of nitrogens with one attached hydrogen (secondary N) is 1. The Morgan fingerprint density at radius 2 is 2.05 bits per heavy atom. The molecule has 1 saturated carbocycles. The van der Waals surface area contributed by atoms with Crippen molar-refractivity contribution in [2.24, 2.45) is 0 Å². The number of nitrogens with zero attached hydrogens (tertiary/aromatic N) is 1. The van der Waals surface area contributed by atoms with E-state index in [1.807, 2.05) is 0 Å². The fourth-order valence-corrected chi connectivity index (χ4v) is 3.10. The number of anilines is 1. The molecule has 1 aromatic carbocycles. The van der Waals surface area contributed by atoms with Crippen LogP contribution in [0.15, 0.2) is 23.0 Å². The second-order valence-corrected chi connectivity index (χ2v) is 5.54. The third-order valence-corrected chi connectivity index (χ3v) is 4.19. The molecule has 0 aliphatic heterocycles. The van der Waals surface area contributed by atoms with Gasteiger partial charge in [0.2, 0.25) is 0 Å². The van der Waals surface area contributed by atoms with E-state index in [0.29, 0.717) is 5.69 Å². The van der Waals surface area contributed by atoms with E-state index in [1.54, 1.807) is 6.07 Å². The van der Waals surface area contributed by atoms with Crippen molar-refractivity contribution in [3.63, 3.8) is 0 Å². The summed E-state index contributed by atoms with van der Waals surface area (Å²) in [6.45, 7) is 0. The summed E-state index contributed by atoms with van der Waals surface area (Å²) in [6, 6.07) is 4.30. The molecule has 0 atom stereocenters. The van der Waals surface area contributed by atoms with E-state index < -0.39 is 11.4 Å². The monoisotopic (exact) mass is 295 g/mol. The molecule has 0 saturated heterocycles. The summed E-state index contributed by atoms with van der Waals surface area (Å²) in [7, 11) is 0. The van der Waals surface area contributed by atoms with Gasteiger partial charge in [-0.2, -0.15) is 0 Å². The predicted octanol–water partition coefficient (Wildman–Crippen LogP) is 3.20. The summed E-state index contributed by atoms with van der Waals surface area (Å²) in [6.07, 6.45) is 4.24. The lowest BCUT2D eigenvalue weighted by Gasteiger charge is -2.08. The summed E-state index contributed by atoms with van der Waals surface area (Å²) in [5, 5.41) is 3.12. The van der Waals surface area contributed by atoms with E-state index in [-0.39, 0.29) is 22.3 Å². The molecule has 0 bridgehead atoms. The molecular formula is C14H15ClFN3O. The maximum atomic E-state index is 13.9. The van der Waals surface area contributed by atoms with Crippen LogP contribution in [0.5, 0.6) is 0 Å². The number of nitrogens with two attached hydrogens (primary N) is 1. The number of hydrogen-bond donors (Lipinski definition) is 2. The van der Waals surface area contributed by atoms with Gasteiger partial charge in [0.1, 0.15) is 17.2 Å². The Bertz CT molecular complexity index is 681. The van der Waals surface area contributed by atoms with E-state index in [1.165, 1.54) is 12.1 Å². The normalized spacial score (nSPS) is 15.9. The van der Waals surface area contributed by atoms with Crippen LogP contribution in [0, 0.1) is 5.82 Å². The first-order valence-electron chi connectivity index (χ1n) is 6.64. The van der Waals surface area contributed by atoms with Gasteiger partial charge in [0.25, 0.3) is 5.56 Å². The van der Waals surface area contributed by atoms with Gasteiger partial charge in [0.05, 0.1) is 10.7 Å². The SMILES string of the molecule is Nc1c(C2CCCC2)[nH]n(-c2c(F)cccc2Cl)c1=O. The first-order valence-corrected chi connectivity index (χ1v) is 7.02. The summed E-state index contributed by atoms with van der Waals surface area (Å²) in [5.41, 5.74) is 6.33. The predicted molar refractivity (Wildman–Crippen MR) is 77.0 cm³/mol. The third kappa shape index (κ3) is 2.02. The number of para-hydroxylation sites is 1. The molecule has 0 radical (unpaired) electrons. The maximum Gasteiger partial charge on any atom is 0.294 e. The van der Waals surface area contributed by atoms with E-state index in [9.17, 15) is 9.18 Å². The molecule has 20 heavy (non-hydrogen) atoms. The van der Waals surface area contributed by atoms with Crippen LogP contribution in [-0.4, -0.2) is 9.78 Å². The Labute approximate surface area is 120 Å². The Hall–Kier alpha value is -1.75. The molecule has 3 rings (SSSR count). The highest BCUT2D eigenvalue weighted by Crippen LogP contribution is 2.35. The molecule has 1 aromatic heterocycles. The lowest BCUT2D eigenvalue weighted by atomic mass is 10.0. The van der Waals surface area contributed by atoms with Crippen molar-refractivity contribution < 1.29 is 4.39 Å². The number of halogens is 2. The highest BCUT2D eigenvalue weighted by Gasteiger charge is 2.25. The van der Waals surface area contributed by atoms with E-state index >= 15 is 0 Å². The molecule has 1 heterocycles. The van der Waals surface area contributed by atoms with E-state index in [4.69, 9.17) is 17.3 Å². The van der Waals surface area contributed by atoms with Gasteiger partial charge >= 0.3 is 0 Å². The van der Waals surface area contributed by atoms with Crippen molar-refractivity contribution in [2.75, 3.05) is 5.73 Å². The zero-order chi connectivity index (χ0) is 14.3. The fourth-order valence-electron chi connectivity index (χ4n) is 2.85. The Balaban J connectivity index is 2.16. The number of rotatable bonds is 2. The van der Waals surface area contributed by atoms with E-state index in [0.717, 1.165) is 30.4 Å². The number of hydrogen-bond acceptors (Lipinski definition) is 2. The molecule has 0 amide bonds. The molecule has 1 fully saturated rings. The van der Waals surface area contributed by atoms with Gasteiger partial charge in [-0.15, -0.1) is 0 Å². The smallest absolute Gasteiger partial charge is 0.294 e. The first kappa shape index (κ1) is 13.2. The van der Waals surface area contributed by atoms with Gasteiger partial charge in [0.15, 0.2) is 0 Å². The van der Waals surface area contributed by atoms with Gasteiger partial charge < -0.3 is 5.73 Å². The van der Waals surface area contributed by atoms with Gasteiger partial charge in [-0.25, -0.2) is 9.07 Å². The van der Waals surface area contributed by atoms with Crippen LogP contribution in [0.3, 0.4) is 0 Å². The minimum absolute atomic E-state index is 0.0233. The lowest BCUT2D eigenvalue weighted by molar-refractivity contribution is 0.603. The number of aromatic amines is 1. The van der Waals surface area contributed by atoms with Crippen molar-refractivity contribution in [1.82, 2.24) is 9.78 Å². The molecule has 0 unspecified atom stereocenters. The summed E-state index contributed by atoms with van der Waals surface area (Å²) in [4.78, 5) is 12.2. The zero-order valence-electron chi connectivity index (χ0n) is 10.8. The largest absolute Gasteiger partial charge is 0.393 e. The molecule has 106 valence electrons. The van der Waals surface area contributed by atoms with Gasteiger partial charge in [-0.05, 0) is 25.0 Å². The molecule has 3 N–H and O–H groups in total. The minimum Gasteiger partial charge on any atom is -0.393 e. The molecule has 1 aliphatic carbocycles. The quantitative estimate of drug-likeness (QED) is 0.893. The molecule has 0 spiro atoms. The van der Waals surface area contributed by atoms with Crippen LogP contribution < -0.4 is 11.3 Å². The fraction of sp³-hybridized carbons (Fsp3) is 0.357. The van der Waals surface area contributed by atoms with Crippen molar-refractivity contribution in [2.45, 2.75) is 31.6 Å². The third-order valence-electron chi connectivity index (χ3n) is 3.88. The highest BCUT2D eigenvalue weighted by molar-refractivity contribution is 6.32. The summed E-state index contributed by atoms with van der Waals surface area (Å²) < 4.78 is 15.0. The van der Waals surface area contributed by atoms with Crippen LogP contribution in [0.4, 0.5) is 10.1 Å². The Kier molecular flexibility index (Phi) is 3.30. The second-order valence-electron chi connectivity index (χ2n) is 5.13. The van der Waals surface area contributed by atoms with Gasteiger partial charge in [-0.3, -0.25) is 9.89 Å². The zero-order valence-corrected chi connectivity index (χ0v) is 11.6. The Morgan fingerprint density at radius 3 is 2.70 bits per heavy atom. The average Bonchev–Trinajstić information content (AvgIpc) is 3.02. The van der Waals surface area contributed by atoms with Crippen LogP contribution in [0.1, 0.15) is 37.3 Å². The number of benzene rings is 1. The number of aromatic nitrogens is 2. The standard InChI is InChI=1S/C14H15ClFN3O/c15-9-6-3-7-10(16)13(9)19-14(20)11(17)12(18-19)8-4-1-2-5-8/h3,6-8,18H,1-2,4-5,17H2. The average molecular weight is 296 g/mol. The molecule has 4 nitrogen and oxygen atoms in total. The van der Waals surface area contributed by atoms with Crippen LogP contribution in [0.25, 0.3) is 5.69 Å². The van der Waals surface area contributed by atoms with Gasteiger partial charge in [-0.1, -0.05) is 30.5 Å². The molecular weight excluding hydrogens is 281 g/mol. The van der Waals surface area contributed by atoms with Crippen molar-refractivity contribution in [1.29, 1.82) is 0 Å².